The van der Waals surface area contributed by atoms with Crippen molar-refractivity contribution in [2.45, 2.75) is 13.1 Å². The maximum absolute atomic E-state index is 13.4. The zero-order chi connectivity index (χ0) is 15.3. The molecule has 110 valence electrons. The Hall–Kier alpha value is -2.12. The van der Waals surface area contributed by atoms with Crippen LogP contribution in [0.15, 0.2) is 18.2 Å². The number of hydrogen-bond acceptors (Lipinski definition) is 3. The molecule has 1 N–H and O–H groups in total. The van der Waals surface area contributed by atoms with E-state index >= 15 is 0 Å². The summed E-state index contributed by atoms with van der Waals surface area (Å²) in [6.07, 6.45) is -4.52. The van der Waals surface area contributed by atoms with E-state index in [1.807, 2.05) is 0 Å². The van der Waals surface area contributed by atoms with E-state index < -0.39 is 31.1 Å². The van der Waals surface area contributed by atoms with Gasteiger partial charge in [0.15, 0.2) is 24.0 Å². The molecule has 1 rings (SSSR count). The second kappa shape index (κ2) is 6.36. The molecule has 0 unspecified atom stereocenters. The lowest BCUT2D eigenvalue weighted by atomic mass is 10.1. The average Bonchev–Trinajstić information content (AvgIpc) is 2.33. The number of rotatable bonds is 5. The molecule has 20 heavy (non-hydrogen) atoms. The van der Waals surface area contributed by atoms with E-state index in [-0.39, 0.29) is 17.1 Å². The highest BCUT2D eigenvalue weighted by Crippen LogP contribution is 2.18. The topological polar surface area (TPSA) is 55.4 Å². The first kappa shape index (κ1) is 15.9. The lowest BCUT2D eigenvalue weighted by Crippen LogP contribution is -2.36. The number of Topliss-reactive ketones (excluding diaryl/α,β-unsaturated/α-hetero) is 1. The highest BCUT2D eigenvalue weighted by atomic mass is 19.4. The standard InChI is InChI=1S/C12H11F4NO3/c1-7(18)8-2-3-10(9(13)4-8)20-5-11(19)17-6-12(14,15)16/h2-4H,5-6H2,1H3,(H,17,19). The molecule has 0 spiro atoms. The van der Waals surface area contributed by atoms with E-state index in [0.717, 1.165) is 12.1 Å². The molecule has 8 heteroatoms. The monoisotopic (exact) mass is 293 g/mol. The van der Waals surface area contributed by atoms with Crippen LogP contribution in [0.4, 0.5) is 17.6 Å². The minimum atomic E-state index is -4.52. The fraction of sp³-hybridized carbons (Fsp3) is 0.333. The van der Waals surface area contributed by atoms with Gasteiger partial charge in [-0.1, -0.05) is 0 Å². The van der Waals surface area contributed by atoms with Gasteiger partial charge in [-0.2, -0.15) is 13.2 Å². The molecular formula is C12H11F4NO3. The Morgan fingerprint density at radius 1 is 1.30 bits per heavy atom. The molecule has 0 aromatic heterocycles. The van der Waals surface area contributed by atoms with Crippen LogP contribution in [0.25, 0.3) is 0 Å². The van der Waals surface area contributed by atoms with Crippen LogP contribution < -0.4 is 10.1 Å². The summed E-state index contributed by atoms with van der Waals surface area (Å²) >= 11 is 0. The third-order valence-electron chi connectivity index (χ3n) is 2.18. The van der Waals surface area contributed by atoms with Crippen LogP contribution in [0.2, 0.25) is 0 Å². The summed E-state index contributed by atoms with van der Waals surface area (Å²) in [6, 6.07) is 3.34. The molecule has 0 aliphatic carbocycles. The molecule has 0 saturated heterocycles. The first-order valence-corrected chi connectivity index (χ1v) is 5.46. The number of ether oxygens (including phenoxy) is 1. The van der Waals surface area contributed by atoms with Gasteiger partial charge in [-0.25, -0.2) is 4.39 Å². The van der Waals surface area contributed by atoms with E-state index in [4.69, 9.17) is 4.74 Å². The molecule has 1 aromatic carbocycles. The van der Waals surface area contributed by atoms with E-state index in [2.05, 4.69) is 0 Å². The van der Waals surface area contributed by atoms with Crippen molar-refractivity contribution >= 4 is 11.7 Å². The SMILES string of the molecule is CC(=O)c1ccc(OCC(=O)NCC(F)(F)F)c(F)c1. The van der Waals surface area contributed by atoms with Crippen molar-refractivity contribution in [2.24, 2.45) is 0 Å². The van der Waals surface area contributed by atoms with Crippen molar-refractivity contribution < 1.29 is 31.9 Å². The molecular weight excluding hydrogens is 282 g/mol. The molecule has 0 saturated carbocycles. The van der Waals surface area contributed by atoms with Gasteiger partial charge < -0.3 is 10.1 Å². The molecule has 1 aromatic rings. The van der Waals surface area contributed by atoms with Crippen molar-refractivity contribution in [3.05, 3.63) is 29.6 Å². The second-order valence-electron chi connectivity index (χ2n) is 3.88. The zero-order valence-corrected chi connectivity index (χ0v) is 10.4. The molecule has 0 bridgehead atoms. The van der Waals surface area contributed by atoms with Crippen LogP contribution in [0.3, 0.4) is 0 Å². The third kappa shape index (κ3) is 5.25. The van der Waals surface area contributed by atoms with Gasteiger partial charge in [0.25, 0.3) is 5.91 Å². The molecule has 4 nitrogen and oxygen atoms in total. The minimum Gasteiger partial charge on any atom is -0.481 e. The summed E-state index contributed by atoms with van der Waals surface area (Å²) < 4.78 is 53.6. The van der Waals surface area contributed by atoms with Gasteiger partial charge in [-0.05, 0) is 25.1 Å². The fourth-order valence-corrected chi connectivity index (χ4v) is 1.23. The van der Waals surface area contributed by atoms with Crippen LogP contribution in [0, 0.1) is 5.82 Å². The Morgan fingerprint density at radius 3 is 2.45 bits per heavy atom. The highest BCUT2D eigenvalue weighted by Gasteiger charge is 2.27. The normalized spacial score (nSPS) is 11.1. The Morgan fingerprint density at radius 2 is 1.95 bits per heavy atom. The fourth-order valence-electron chi connectivity index (χ4n) is 1.23. The number of amides is 1. The molecule has 0 fully saturated rings. The maximum atomic E-state index is 13.4. The van der Waals surface area contributed by atoms with Crippen LogP contribution >= 0.6 is 0 Å². The maximum Gasteiger partial charge on any atom is 0.405 e. The predicted molar refractivity (Wildman–Crippen MR) is 61.0 cm³/mol. The quantitative estimate of drug-likeness (QED) is 0.668. The summed E-state index contributed by atoms with van der Waals surface area (Å²) in [4.78, 5) is 22.0. The van der Waals surface area contributed by atoms with Gasteiger partial charge in [0.2, 0.25) is 0 Å². The molecule has 0 aliphatic heterocycles. The van der Waals surface area contributed by atoms with Gasteiger partial charge in [0.1, 0.15) is 6.54 Å². The minimum absolute atomic E-state index is 0.122. The van der Waals surface area contributed by atoms with Crippen molar-refractivity contribution in [3.8, 4) is 5.75 Å². The van der Waals surface area contributed by atoms with E-state index in [9.17, 15) is 27.2 Å². The van der Waals surface area contributed by atoms with E-state index in [1.54, 1.807) is 5.32 Å². The van der Waals surface area contributed by atoms with Crippen molar-refractivity contribution in [1.29, 1.82) is 0 Å². The van der Waals surface area contributed by atoms with Gasteiger partial charge in [0.05, 0.1) is 0 Å². The van der Waals surface area contributed by atoms with Gasteiger partial charge in [-0.15, -0.1) is 0 Å². The average molecular weight is 293 g/mol. The van der Waals surface area contributed by atoms with Gasteiger partial charge >= 0.3 is 6.18 Å². The molecule has 0 radical (unpaired) electrons. The molecule has 1 amide bonds. The lowest BCUT2D eigenvalue weighted by Gasteiger charge is -2.10. The summed E-state index contributed by atoms with van der Waals surface area (Å²) in [6.45, 7) is -0.993. The predicted octanol–water partition coefficient (Wildman–Crippen LogP) is 2.09. The zero-order valence-electron chi connectivity index (χ0n) is 10.4. The van der Waals surface area contributed by atoms with E-state index in [1.165, 1.54) is 13.0 Å². The first-order valence-electron chi connectivity index (χ1n) is 5.46. The summed E-state index contributed by atoms with van der Waals surface area (Å²) in [5, 5.41) is 1.58. The van der Waals surface area contributed by atoms with Crippen LogP contribution in [0.5, 0.6) is 5.75 Å². The number of carbonyl (C=O) groups is 2. The number of ketones is 1. The second-order valence-corrected chi connectivity index (χ2v) is 3.88. The van der Waals surface area contributed by atoms with Gasteiger partial charge in [-0.3, -0.25) is 9.59 Å². The largest absolute Gasteiger partial charge is 0.481 e. The Bertz CT molecular complexity index is 514. The number of nitrogens with one attached hydrogen (secondary N) is 1. The number of halogens is 4. The number of hydrogen-bond donors (Lipinski definition) is 1. The van der Waals surface area contributed by atoms with Crippen LogP contribution in [-0.4, -0.2) is 31.0 Å². The summed E-state index contributed by atoms with van der Waals surface area (Å²) in [5.41, 5.74) is 0.122. The number of benzene rings is 1. The number of carbonyl (C=O) groups excluding carboxylic acids is 2. The Kier molecular flexibility index (Phi) is 5.06. The third-order valence-corrected chi connectivity index (χ3v) is 2.18. The summed E-state index contributed by atoms with van der Waals surface area (Å²) in [5.74, 6) is -2.57. The molecule has 0 aliphatic rings. The molecule has 0 atom stereocenters. The Labute approximate surface area is 111 Å². The van der Waals surface area contributed by atoms with E-state index in [0.29, 0.717) is 0 Å². The lowest BCUT2D eigenvalue weighted by molar-refractivity contribution is -0.139. The highest BCUT2D eigenvalue weighted by molar-refractivity contribution is 5.94. The van der Waals surface area contributed by atoms with Crippen molar-refractivity contribution in [1.82, 2.24) is 5.32 Å². The molecule has 0 heterocycles. The number of alkyl halides is 3. The summed E-state index contributed by atoms with van der Waals surface area (Å²) in [7, 11) is 0. The van der Waals surface area contributed by atoms with Crippen LogP contribution in [-0.2, 0) is 4.79 Å². The van der Waals surface area contributed by atoms with Crippen LogP contribution in [0.1, 0.15) is 17.3 Å². The van der Waals surface area contributed by atoms with Crippen molar-refractivity contribution in [3.63, 3.8) is 0 Å². The Balaban J connectivity index is 2.54. The smallest absolute Gasteiger partial charge is 0.405 e. The first-order chi connectivity index (χ1) is 9.19. The van der Waals surface area contributed by atoms with Gasteiger partial charge in [0, 0.05) is 5.56 Å². The van der Waals surface area contributed by atoms with Crippen molar-refractivity contribution in [2.75, 3.05) is 13.2 Å².